The fourth-order valence-corrected chi connectivity index (χ4v) is 5.05. The van der Waals surface area contributed by atoms with Gasteiger partial charge in [-0.1, -0.05) is 76.6 Å². The first-order valence-electron chi connectivity index (χ1n) is 9.95. The predicted molar refractivity (Wildman–Crippen MR) is 131 cm³/mol. The summed E-state index contributed by atoms with van der Waals surface area (Å²) in [5.41, 5.74) is 1.89. The average molecular weight is 449 g/mol. The number of fused-ring (bicyclic) bond motifs is 4. The van der Waals surface area contributed by atoms with Crippen LogP contribution in [0.2, 0.25) is 0 Å². The first kappa shape index (κ1) is 17.5. The van der Waals surface area contributed by atoms with Crippen molar-refractivity contribution in [1.82, 2.24) is 0 Å². The Bertz CT molecular complexity index is 1490. The van der Waals surface area contributed by atoms with Gasteiger partial charge in [-0.25, -0.2) is 0 Å². The number of hydrogen-bond donors (Lipinski definition) is 1. The Morgan fingerprint density at radius 1 is 0.467 bits per heavy atom. The van der Waals surface area contributed by atoms with Gasteiger partial charge in [0.05, 0.1) is 0 Å². The highest BCUT2D eigenvalue weighted by Crippen LogP contribution is 2.45. The molecule has 6 rings (SSSR count). The van der Waals surface area contributed by atoms with Crippen molar-refractivity contribution in [3.05, 3.63) is 102 Å². The molecule has 0 saturated carbocycles. The maximum atomic E-state index is 11.0. The second-order valence-electron chi connectivity index (χ2n) is 7.72. The molecule has 0 aliphatic heterocycles. The SMILES string of the molecule is Oc1ccc2cc3ccccc3cc2c1-c1c(Br)ccc2cc3ccccc3cc12. The van der Waals surface area contributed by atoms with Crippen LogP contribution >= 0.6 is 15.9 Å². The van der Waals surface area contributed by atoms with Gasteiger partial charge in [0.2, 0.25) is 0 Å². The van der Waals surface area contributed by atoms with E-state index in [0.717, 1.165) is 37.1 Å². The number of rotatable bonds is 1. The second kappa shape index (κ2) is 6.58. The van der Waals surface area contributed by atoms with Gasteiger partial charge >= 0.3 is 0 Å². The van der Waals surface area contributed by atoms with Crippen LogP contribution in [0.15, 0.2) is 102 Å². The molecule has 0 radical (unpaired) electrons. The number of phenolic OH excluding ortho intramolecular Hbond substituents is 1. The minimum Gasteiger partial charge on any atom is -0.507 e. The van der Waals surface area contributed by atoms with Crippen LogP contribution in [0.5, 0.6) is 5.75 Å². The Kier molecular flexibility index (Phi) is 3.84. The van der Waals surface area contributed by atoms with Crippen LogP contribution in [0.4, 0.5) is 0 Å². The van der Waals surface area contributed by atoms with Crippen molar-refractivity contribution in [1.29, 1.82) is 0 Å². The van der Waals surface area contributed by atoms with E-state index >= 15 is 0 Å². The molecule has 6 aromatic carbocycles. The van der Waals surface area contributed by atoms with Gasteiger partial charge < -0.3 is 5.11 Å². The minimum atomic E-state index is 0.291. The van der Waals surface area contributed by atoms with Crippen LogP contribution in [0.1, 0.15) is 0 Å². The summed E-state index contributed by atoms with van der Waals surface area (Å²) in [6.07, 6.45) is 0. The summed E-state index contributed by atoms with van der Waals surface area (Å²) < 4.78 is 0.973. The molecule has 0 heterocycles. The molecule has 0 aliphatic carbocycles. The lowest BCUT2D eigenvalue weighted by Gasteiger charge is -2.16. The Morgan fingerprint density at radius 3 is 1.50 bits per heavy atom. The molecular weight excluding hydrogens is 432 g/mol. The van der Waals surface area contributed by atoms with E-state index in [4.69, 9.17) is 0 Å². The normalized spacial score (nSPS) is 11.6. The topological polar surface area (TPSA) is 20.2 Å². The molecule has 0 fully saturated rings. The molecule has 0 saturated heterocycles. The van der Waals surface area contributed by atoms with Gasteiger partial charge in [-0.2, -0.15) is 0 Å². The van der Waals surface area contributed by atoms with Crippen molar-refractivity contribution in [2.75, 3.05) is 0 Å². The molecule has 1 nitrogen and oxygen atoms in total. The van der Waals surface area contributed by atoms with Gasteiger partial charge in [-0.05, 0) is 79.5 Å². The monoisotopic (exact) mass is 448 g/mol. The van der Waals surface area contributed by atoms with Crippen molar-refractivity contribution in [3.63, 3.8) is 0 Å². The zero-order valence-electron chi connectivity index (χ0n) is 16.1. The van der Waals surface area contributed by atoms with Gasteiger partial charge in [-0.3, -0.25) is 0 Å². The van der Waals surface area contributed by atoms with Crippen LogP contribution in [0, 0.1) is 0 Å². The number of halogens is 1. The maximum Gasteiger partial charge on any atom is 0.124 e. The fraction of sp³-hybridized carbons (Fsp3) is 0. The molecule has 0 spiro atoms. The summed E-state index contributed by atoms with van der Waals surface area (Å²) in [6, 6.07) is 33.6. The Labute approximate surface area is 182 Å². The fourth-order valence-electron chi connectivity index (χ4n) is 4.51. The number of benzene rings is 6. The molecule has 0 unspecified atom stereocenters. The van der Waals surface area contributed by atoms with Gasteiger partial charge in [0, 0.05) is 15.6 Å². The molecule has 0 atom stereocenters. The van der Waals surface area contributed by atoms with E-state index in [-0.39, 0.29) is 0 Å². The van der Waals surface area contributed by atoms with E-state index in [2.05, 4.69) is 101 Å². The van der Waals surface area contributed by atoms with Crippen molar-refractivity contribution in [2.45, 2.75) is 0 Å². The molecule has 0 amide bonds. The van der Waals surface area contributed by atoms with Gasteiger partial charge in [0.25, 0.3) is 0 Å². The van der Waals surface area contributed by atoms with Crippen LogP contribution in [0.3, 0.4) is 0 Å². The quantitative estimate of drug-likeness (QED) is 0.250. The van der Waals surface area contributed by atoms with E-state index < -0.39 is 0 Å². The first-order valence-corrected chi connectivity index (χ1v) is 10.7. The largest absolute Gasteiger partial charge is 0.507 e. The first-order chi connectivity index (χ1) is 14.7. The average Bonchev–Trinajstić information content (AvgIpc) is 2.77. The van der Waals surface area contributed by atoms with Crippen LogP contribution in [0.25, 0.3) is 54.2 Å². The molecule has 1 N–H and O–H groups in total. The number of aromatic hydroxyl groups is 1. The van der Waals surface area contributed by atoms with E-state index in [1.165, 1.54) is 21.5 Å². The zero-order chi connectivity index (χ0) is 20.2. The molecule has 0 aliphatic rings. The smallest absolute Gasteiger partial charge is 0.124 e. The second-order valence-corrected chi connectivity index (χ2v) is 8.58. The predicted octanol–water partition coefficient (Wildman–Crippen LogP) is 8.43. The summed E-state index contributed by atoms with van der Waals surface area (Å²) in [6.45, 7) is 0. The van der Waals surface area contributed by atoms with Crippen LogP contribution in [-0.2, 0) is 0 Å². The lowest BCUT2D eigenvalue weighted by Crippen LogP contribution is -1.88. The highest BCUT2D eigenvalue weighted by molar-refractivity contribution is 9.10. The lowest BCUT2D eigenvalue weighted by atomic mass is 9.91. The van der Waals surface area contributed by atoms with Crippen LogP contribution < -0.4 is 0 Å². The molecule has 6 aromatic rings. The molecule has 0 aromatic heterocycles. The summed E-state index contributed by atoms with van der Waals surface area (Å²) >= 11 is 3.78. The van der Waals surface area contributed by atoms with Gasteiger partial charge in [0.1, 0.15) is 5.75 Å². The van der Waals surface area contributed by atoms with Crippen molar-refractivity contribution in [3.8, 4) is 16.9 Å². The standard InChI is InChI=1S/C28H17BrO/c29-25-11-9-21-13-17-5-1-3-7-19(17)15-23(21)27(25)28-24-16-20-8-4-2-6-18(20)14-22(24)10-12-26(28)30/h1-16,30H. The number of hydrogen-bond acceptors (Lipinski definition) is 1. The molecule has 0 bridgehead atoms. The highest BCUT2D eigenvalue weighted by Gasteiger charge is 2.17. The Balaban J connectivity index is 1.78. The third-order valence-corrected chi connectivity index (χ3v) is 6.61. The molecule has 2 heteroatoms. The van der Waals surface area contributed by atoms with Crippen LogP contribution in [-0.4, -0.2) is 5.11 Å². The third-order valence-electron chi connectivity index (χ3n) is 5.95. The summed E-state index contributed by atoms with van der Waals surface area (Å²) in [5.74, 6) is 0.291. The molecule has 30 heavy (non-hydrogen) atoms. The minimum absolute atomic E-state index is 0.291. The van der Waals surface area contributed by atoms with Gasteiger partial charge in [0.15, 0.2) is 0 Å². The highest BCUT2D eigenvalue weighted by atomic mass is 79.9. The lowest BCUT2D eigenvalue weighted by molar-refractivity contribution is 0.478. The van der Waals surface area contributed by atoms with E-state index in [0.29, 0.717) is 5.75 Å². The van der Waals surface area contributed by atoms with Crippen molar-refractivity contribution >= 4 is 59.0 Å². The Hall–Kier alpha value is -3.36. The van der Waals surface area contributed by atoms with E-state index in [1.807, 2.05) is 6.07 Å². The maximum absolute atomic E-state index is 11.0. The summed E-state index contributed by atoms with van der Waals surface area (Å²) in [5, 5.41) is 20.2. The Morgan fingerprint density at radius 2 is 0.933 bits per heavy atom. The molecular formula is C28H17BrO. The molecule has 142 valence electrons. The van der Waals surface area contributed by atoms with Gasteiger partial charge in [-0.15, -0.1) is 0 Å². The zero-order valence-corrected chi connectivity index (χ0v) is 17.6. The third kappa shape index (κ3) is 2.61. The summed E-state index contributed by atoms with van der Waals surface area (Å²) in [4.78, 5) is 0. The van der Waals surface area contributed by atoms with Crippen molar-refractivity contribution in [2.24, 2.45) is 0 Å². The van der Waals surface area contributed by atoms with E-state index in [1.54, 1.807) is 6.07 Å². The summed E-state index contributed by atoms with van der Waals surface area (Å²) in [7, 11) is 0. The van der Waals surface area contributed by atoms with E-state index in [9.17, 15) is 5.11 Å². The number of phenols is 1. The van der Waals surface area contributed by atoms with Crippen molar-refractivity contribution < 1.29 is 5.11 Å².